The first-order valence-electron chi connectivity index (χ1n) is 9.00. The SMILES string of the molecule is Cc1nn(CC(C)C)c(C)c1CC(=O)N(C)Cc1ccc2c(c1)OCO2. The van der Waals surface area contributed by atoms with Gasteiger partial charge in [0.2, 0.25) is 12.7 Å². The molecule has 2 aromatic rings. The number of aromatic nitrogens is 2. The second kappa shape index (κ2) is 7.40. The van der Waals surface area contributed by atoms with Crippen LogP contribution in [-0.4, -0.2) is 34.4 Å². The zero-order valence-corrected chi connectivity index (χ0v) is 16.2. The fourth-order valence-corrected chi connectivity index (χ4v) is 3.20. The quantitative estimate of drug-likeness (QED) is 0.797. The predicted octanol–water partition coefficient (Wildman–Crippen LogP) is 3.09. The molecule has 1 aliphatic rings. The molecule has 0 atom stereocenters. The Morgan fingerprint density at radius 2 is 2.00 bits per heavy atom. The van der Waals surface area contributed by atoms with Crippen LogP contribution in [0.3, 0.4) is 0 Å². The smallest absolute Gasteiger partial charge is 0.231 e. The van der Waals surface area contributed by atoms with Gasteiger partial charge in [-0.3, -0.25) is 9.48 Å². The highest BCUT2D eigenvalue weighted by atomic mass is 16.7. The first-order valence-corrected chi connectivity index (χ1v) is 9.00. The number of carbonyl (C=O) groups excluding carboxylic acids is 1. The maximum Gasteiger partial charge on any atom is 0.231 e. The van der Waals surface area contributed by atoms with Crippen LogP contribution in [0.2, 0.25) is 0 Å². The number of carbonyl (C=O) groups is 1. The zero-order valence-electron chi connectivity index (χ0n) is 16.2. The van der Waals surface area contributed by atoms with Gasteiger partial charge in [-0.2, -0.15) is 5.10 Å². The van der Waals surface area contributed by atoms with Gasteiger partial charge in [0.25, 0.3) is 0 Å². The Kier molecular flexibility index (Phi) is 5.20. The van der Waals surface area contributed by atoms with Gasteiger partial charge in [0.05, 0.1) is 12.1 Å². The van der Waals surface area contributed by atoms with Crippen LogP contribution in [0.4, 0.5) is 0 Å². The molecule has 140 valence electrons. The lowest BCUT2D eigenvalue weighted by molar-refractivity contribution is -0.129. The summed E-state index contributed by atoms with van der Waals surface area (Å²) in [5, 5.41) is 4.60. The number of likely N-dealkylation sites (N-methyl/N-ethyl adjacent to an activating group) is 1. The van der Waals surface area contributed by atoms with Gasteiger partial charge in [0.1, 0.15) is 0 Å². The van der Waals surface area contributed by atoms with Crippen molar-refractivity contribution >= 4 is 5.91 Å². The minimum atomic E-state index is 0.0814. The normalized spacial score (nSPS) is 12.7. The van der Waals surface area contributed by atoms with Gasteiger partial charge < -0.3 is 14.4 Å². The lowest BCUT2D eigenvalue weighted by Crippen LogP contribution is -2.28. The number of nitrogens with zero attached hydrogens (tertiary/aromatic N) is 3. The molecule has 1 aromatic carbocycles. The molecule has 1 aliphatic heterocycles. The highest BCUT2D eigenvalue weighted by Gasteiger charge is 2.19. The maximum atomic E-state index is 12.7. The number of amides is 1. The van der Waals surface area contributed by atoms with E-state index >= 15 is 0 Å². The van der Waals surface area contributed by atoms with Crippen LogP contribution in [0.25, 0.3) is 0 Å². The molecule has 0 saturated carbocycles. The van der Waals surface area contributed by atoms with Crippen molar-refractivity contribution in [2.75, 3.05) is 13.8 Å². The summed E-state index contributed by atoms with van der Waals surface area (Å²) in [6.07, 6.45) is 0.372. The Hall–Kier alpha value is -2.50. The second-order valence-corrected chi connectivity index (χ2v) is 7.34. The third kappa shape index (κ3) is 3.84. The van der Waals surface area contributed by atoms with Crippen LogP contribution in [-0.2, 0) is 24.3 Å². The van der Waals surface area contributed by atoms with E-state index in [0.29, 0.717) is 18.9 Å². The molecular formula is C20H27N3O3. The topological polar surface area (TPSA) is 56.6 Å². The van der Waals surface area contributed by atoms with Crippen molar-refractivity contribution in [1.82, 2.24) is 14.7 Å². The molecule has 0 radical (unpaired) electrons. The highest BCUT2D eigenvalue weighted by molar-refractivity contribution is 5.79. The van der Waals surface area contributed by atoms with E-state index in [4.69, 9.17) is 9.47 Å². The number of benzene rings is 1. The molecule has 0 saturated heterocycles. The van der Waals surface area contributed by atoms with Crippen molar-refractivity contribution in [3.63, 3.8) is 0 Å². The number of hydrogen-bond acceptors (Lipinski definition) is 4. The monoisotopic (exact) mass is 357 g/mol. The Morgan fingerprint density at radius 3 is 2.73 bits per heavy atom. The van der Waals surface area contributed by atoms with E-state index in [9.17, 15) is 4.79 Å². The van der Waals surface area contributed by atoms with Crippen molar-refractivity contribution < 1.29 is 14.3 Å². The Balaban J connectivity index is 1.67. The first kappa shape index (κ1) is 18.3. The van der Waals surface area contributed by atoms with E-state index in [2.05, 4.69) is 18.9 Å². The van der Waals surface area contributed by atoms with E-state index in [1.165, 1.54) is 0 Å². The number of fused-ring (bicyclic) bond motifs is 1. The van der Waals surface area contributed by atoms with Crippen LogP contribution in [0.5, 0.6) is 11.5 Å². The van der Waals surface area contributed by atoms with Gasteiger partial charge in [-0.1, -0.05) is 19.9 Å². The molecule has 0 fully saturated rings. The van der Waals surface area contributed by atoms with Crippen LogP contribution in [0.1, 0.15) is 36.4 Å². The molecule has 0 unspecified atom stereocenters. The van der Waals surface area contributed by atoms with Crippen LogP contribution >= 0.6 is 0 Å². The summed E-state index contributed by atoms with van der Waals surface area (Å²) in [6, 6.07) is 5.79. The highest BCUT2D eigenvalue weighted by Crippen LogP contribution is 2.32. The zero-order chi connectivity index (χ0) is 18.8. The second-order valence-electron chi connectivity index (χ2n) is 7.34. The lowest BCUT2D eigenvalue weighted by atomic mass is 10.1. The Morgan fingerprint density at radius 1 is 1.27 bits per heavy atom. The summed E-state index contributed by atoms with van der Waals surface area (Å²) in [4.78, 5) is 14.5. The Bertz CT molecular complexity index is 811. The molecule has 26 heavy (non-hydrogen) atoms. The summed E-state index contributed by atoms with van der Waals surface area (Å²) in [5.41, 5.74) is 4.08. The molecular weight excluding hydrogens is 330 g/mol. The molecule has 6 heteroatoms. The molecule has 6 nitrogen and oxygen atoms in total. The van der Waals surface area contributed by atoms with Crippen LogP contribution in [0, 0.1) is 19.8 Å². The minimum Gasteiger partial charge on any atom is -0.454 e. The van der Waals surface area contributed by atoms with Gasteiger partial charge in [-0.15, -0.1) is 0 Å². The van der Waals surface area contributed by atoms with Gasteiger partial charge in [0.15, 0.2) is 11.5 Å². The lowest BCUT2D eigenvalue weighted by Gasteiger charge is -2.18. The molecule has 0 N–H and O–H groups in total. The average Bonchev–Trinajstić information content (AvgIpc) is 3.14. The molecule has 2 heterocycles. The van der Waals surface area contributed by atoms with E-state index < -0.39 is 0 Å². The fraction of sp³-hybridized carbons (Fsp3) is 0.500. The maximum absolute atomic E-state index is 12.7. The summed E-state index contributed by atoms with van der Waals surface area (Å²) in [5.74, 6) is 2.10. The van der Waals surface area contributed by atoms with Crippen LogP contribution in [0.15, 0.2) is 18.2 Å². The summed E-state index contributed by atoms with van der Waals surface area (Å²) in [7, 11) is 1.83. The number of hydrogen-bond donors (Lipinski definition) is 0. The molecule has 1 amide bonds. The fourth-order valence-electron chi connectivity index (χ4n) is 3.20. The minimum absolute atomic E-state index is 0.0814. The average molecular weight is 357 g/mol. The first-order chi connectivity index (χ1) is 12.3. The summed E-state index contributed by atoms with van der Waals surface area (Å²) >= 11 is 0. The molecule has 0 spiro atoms. The molecule has 0 aliphatic carbocycles. The summed E-state index contributed by atoms with van der Waals surface area (Å²) < 4.78 is 12.7. The van der Waals surface area contributed by atoms with E-state index in [0.717, 1.165) is 40.6 Å². The van der Waals surface area contributed by atoms with Gasteiger partial charge >= 0.3 is 0 Å². The van der Waals surface area contributed by atoms with Crippen molar-refractivity contribution in [1.29, 1.82) is 0 Å². The number of ether oxygens (including phenoxy) is 2. The van der Waals surface area contributed by atoms with Gasteiger partial charge in [-0.25, -0.2) is 0 Å². The van der Waals surface area contributed by atoms with Crippen molar-refractivity contribution in [2.24, 2.45) is 5.92 Å². The standard InChI is InChI=1S/C20H27N3O3/c1-13(2)10-23-15(4)17(14(3)21-23)9-20(24)22(5)11-16-6-7-18-19(8-16)26-12-25-18/h6-8,13H,9-12H2,1-5H3. The van der Waals surface area contributed by atoms with Crippen molar-refractivity contribution in [2.45, 2.75) is 47.2 Å². The number of aryl methyl sites for hydroxylation is 1. The van der Waals surface area contributed by atoms with E-state index in [1.54, 1.807) is 4.90 Å². The molecule has 1 aromatic heterocycles. The van der Waals surface area contributed by atoms with Gasteiger partial charge in [-0.05, 0) is 37.5 Å². The third-order valence-electron chi connectivity index (χ3n) is 4.68. The number of rotatable bonds is 6. The van der Waals surface area contributed by atoms with Crippen molar-refractivity contribution in [3.8, 4) is 11.5 Å². The Labute approximate surface area is 154 Å². The molecule has 0 bridgehead atoms. The van der Waals surface area contributed by atoms with Gasteiger partial charge in [0, 0.05) is 31.4 Å². The van der Waals surface area contributed by atoms with E-state index in [1.807, 2.05) is 43.8 Å². The van der Waals surface area contributed by atoms with Crippen LogP contribution < -0.4 is 9.47 Å². The van der Waals surface area contributed by atoms with Crippen molar-refractivity contribution in [3.05, 3.63) is 40.7 Å². The predicted molar refractivity (Wildman–Crippen MR) is 99.3 cm³/mol. The summed E-state index contributed by atoms with van der Waals surface area (Å²) in [6.45, 7) is 10.0. The largest absolute Gasteiger partial charge is 0.454 e. The third-order valence-corrected chi connectivity index (χ3v) is 4.68. The molecule has 3 rings (SSSR count). The van der Waals surface area contributed by atoms with E-state index in [-0.39, 0.29) is 12.7 Å².